The van der Waals surface area contributed by atoms with Crippen LogP contribution in [0.1, 0.15) is 22.7 Å². The van der Waals surface area contributed by atoms with E-state index in [9.17, 15) is 4.79 Å². The van der Waals surface area contributed by atoms with Crippen molar-refractivity contribution in [3.8, 4) is 0 Å². The van der Waals surface area contributed by atoms with E-state index in [0.29, 0.717) is 6.54 Å². The van der Waals surface area contributed by atoms with Crippen LogP contribution in [0.2, 0.25) is 0 Å². The number of hydrogen-bond acceptors (Lipinski definition) is 3. The van der Waals surface area contributed by atoms with Gasteiger partial charge in [0.2, 0.25) is 5.91 Å². The van der Waals surface area contributed by atoms with E-state index in [0.717, 1.165) is 5.69 Å². The average Bonchev–Trinajstić information content (AvgIpc) is 2.84. The number of thiophene rings is 1. The van der Waals surface area contributed by atoms with Crippen molar-refractivity contribution in [3.63, 3.8) is 0 Å². The number of nitrogens with one attached hydrogen (secondary N) is 2. The zero-order valence-corrected chi connectivity index (χ0v) is 12.0. The third-order valence-corrected chi connectivity index (χ3v) is 3.98. The monoisotopic (exact) mass is 274 g/mol. The normalized spacial score (nSPS) is 11.9. The molecule has 0 aliphatic carbocycles. The molecule has 1 unspecified atom stereocenters. The number of amides is 1. The lowest BCUT2D eigenvalue weighted by Crippen LogP contribution is -2.31. The quantitative estimate of drug-likeness (QED) is 0.878. The smallest absolute Gasteiger partial charge is 0.239 e. The first kappa shape index (κ1) is 13.6. The number of anilines is 1. The topological polar surface area (TPSA) is 41.1 Å². The molecule has 2 rings (SSSR count). The van der Waals surface area contributed by atoms with Crippen molar-refractivity contribution in [1.29, 1.82) is 0 Å². The standard InChI is InChI=1S/C15H18N2OS/c1-11-8-9-14(19-11)12(2)17-15(18)10-16-13-6-4-3-5-7-13/h3-9,12,16H,10H2,1-2H3,(H,17,18). The Morgan fingerprint density at radius 2 is 1.95 bits per heavy atom. The van der Waals surface area contributed by atoms with Crippen LogP contribution in [0.15, 0.2) is 42.5 Å². The minimum atomic E-state index is 0.00223. The van der Waals surface area contributed by atoms with E-state index in [2.05, 4.69) is 29.7 Å². The molecule has 1 atom stereocenters. The van der Waals surface area contributed by atoms with Gasteiger partial charge in [-0.15, -0.1) is 11.3 Å². The fraction of sp³-hybridized carbons (Fsp3) is 0.267. The molecule has 2 N–H and O–H groups in total. The molecular formula is C15H18N2OS. The van der Waals surface area contributed by atoms with Gasteiger partial charge in [-0.25, -0.2) is 0 Å². The maximum atomic E-state index is 11.8. The van der Waals surface area contributed by atoms with Gasteiger partial charge < -0.3 is 10.6 Å². The van der Waals surface area contributed by atoms with Crippen molar-refractivity contribution in [2.45, 2.75) is 19.9 Å². The molecule has 0 aliphatic heterocycles. The molecule has 0 saturated carbocycles. The summed E-state index contributed by atoms with van der Waals surface area (Å²) < 4.78 is 0. The van der Waals surface area contributed by atoms with E-state index in [-0.39, 0.29) is 11.9 Å². The Kier molecular flexibility index (Phi) is 4.58. The van der Waals surface area contributed by atoms with Crippen LogP contribution in [-0.4, -0.2) is 12.5 Å². The van der Waals surface area contributed by atoms with E-state index < -0.39 is 0 Å². The van der Waals surface area contributed by atoms with Crippen LogP contribution in [0.25, 0.3) is 0 Å². The van der Waals surface area contributed by atoms with Gasteiger partial charge in [-0.2, -0.15) is 0 Å². The number of rotatable bonds is 5. The predicted molar refractivity (Wildman–Crippen MR) is 80.5 cm³/mol. The number of benzene rings is 1. The van der Waals surface area contributed by atoms with Crippen molar-refractivity contribution in [2.24, 2.45) is 0 Å². The fourth-order valence-electron chi connectivity index (χ4n) is 1.79. The van der Waals surface area contributed by atoms with Crippen molar-refractivity contribution in [3.05, 3.63) is 52.2 Å². The second-order valence-electron chi connectivity index (χ2n) is 4.46. The van der Waals surface area contributed by atoms with Crippen LogP contribution in [-0.2, 0) is 4.79 Å². The molecule has 0 bridgehead atoms. The molecule has 0 fully saturated rings. The van der Waals surface area contributed by atoms with Gasteiger partial charge in [0.05, 0.1) is 12.6 Å². The van der Waals surface area contributed by atoms with Crippen LogP contribution < -0.4 is 10.6 Å². The first-order chi connectivity index (χ1) is 9.15. The minimum absolute atomic E-state index is 0.00223. The number of carbonyl (C=O) groups excluding carboxylic acids is 1. The summed E-state index contributed by atoms with van der Waals surface area (Å²) in [5.41, 5.74) is 0.956. The van der Waals surface area contributed by atoms with Crippen LogP contribution in [0.5, 0.6) is 0 Å². The SMILES string of the molecule is Cc1ccc(C(C)NC(=O)CNc2ccccc2)s1. The molecule has 4 heteroatoms. The molecule has 3 nitrogen and oxygen atoms in total. The molecule has 1 aromatic carbocycles. The Morgan fingerprint density at radius 1 is 1.21 bits per heavy atom. The molecule has 0 radical (unpaired) electrons. The van der Waals surface area contributed by atoms with Crippen molar-refractivity contribution in [1.82, 2.24) is 5.32 Å². The maximum Gasteiger partial charge on any atom is 0.239 e. The predicted octanol–water partition coefficient (Wildman–Crippen LogP) is 3.35. The summed E-state index contributed by atoms with van der Waals surface area (Å²) in [6.45, 7) is 4.37. The van der Waals surface area contributed by atoms with E-state index in [4.69, 9.17) is 0 Å². The summed E-state index contributed by atoms with van der Waals surface area (Å²) in [5, 5.41) is 6.09. The van der Waals surface area contributed by atoms with Crippen LogP contribution >= 0.6 is 11.3 Å². The summed E-state index contributed by atoms with van der Waals surface area (Å²) in [6, 6.07) is 13.9. The molecule has 0 saturated heterocycles. The van der Waals surface area contributed by atoms with Crippen molar-refractivity contribution in [2.75, 3.05) is 11.9 Å². The summed E-state index contributed by atoms with van der Waals surface area (Å²) in [5.74, 6) is 0.00223. The summed E-state index contributed by atoms with van der Waals surface area (Å²) >= 11 is 1.72. The lowest BCUT2D eigenvalue weighted by molar-refractivity contribution is -0.120. The van der Waals surface area contributed by atoms with E-state index in [1.165, 1.54) is 9.75 Å². The van der Waals surface area contributed by atoms with Crippen molar-refractivity contribution >= 4 is 22.9 Å². The lowest BCUT2D eigenvalue weighted by atomic mass is 10.2. The molecule has 0 aliphatic rings. The van der Waals surface area contributed by atoms with Gasteiger partial charge in [0.1, 0.15) is 0 Å². The van der Waals surface area contributed by atoms with E-state index in [1.807, 2.05) is 37.3 Å². The third-order valence-electron chi connectivity index (χ3n) is 2.79. The van der Waals surface area contributed by atoms with Gasteiger partial charge in [-0.05, 0) is 38.1 Å². The van der Waals surface area contributed by atoms with Gasteiger partial charge in [0.15, 0.2) is 0 Å². The fourth-order valence-corrected chi connectivity index (χ4v) is 2.67. The Morgan fingerprint density at radius 3 is 2.58 bits per heavy atom. The third kappa shape index (κ3) is 4.10. The van der Waals surface area contributed by atoms with Gasteiger partial charge in [0, 0.05) is 15.4 Å². The Bertz CT molecular complexity index is 536. The highest BCUT2D eigenvalue weighted by atomic mass is 32.1. The molecule has 2 aromatic rings. The Balaban J connectivity index is 1.81. The molecule has 1 amide bonds. The van der Waals surface area contributed by atoms with Gasteiger partial charge in [-0.1, -0.05) is 18.2 Å². The minimum Gasteiger partial charge on any atom is -0.376 e. The highest BCUT2D eigenvalue weighted by Gasteiger charge is 2.10. The molecule has 1 aromatic heterocycles. The first-order valence-electron chi connectivity index (χ1n) is 6.30. The summed E-state index contributed by atoms with van der Waals surface area (Å²) in [4.78, 5) is 14.3. The number of hydrogen-bond donors (Lipinski definition) is 2. The number of para-hydroxylation sites is 1. The average molecular weight is 274 g/mol. The van der Waals surface area contributed by atoms with Gasteiger partial charge >= 0.3 is 0 Å². The van der Waals surface area contributed by atoms with E-state index >= 15 is 0 Å². The van der Waals surface area contributed by atoms with Gasteiger partial charge in [-0.3, -0.25) is 4.79 Å². The Labute approximate surface area is 117 Å². The number of carbonyl (C=O) groups is 1. The number of aryl methyl sites for hydroxylation is 1. The zero-order valence-electron chi connectivity index (χ0n) is 11.1. The maximum absolute atomic E-state index is 11.8. The zero-order chi connectivity index (χ0) is 13.7. The lowest BCUT2D eigenvalue weighted by Gasteiger charge is -2.13. The van der Waals surface area contributed by atoms with Crippen molar-refractivity contribution < 1.29 is 4.79 Å². The largest absolute Gasteiger partial charge is 0.376 e. The van der Waals surface area contributed by atoms with Crippen LogP contribution in [0.3, 0.4) is 0 Å². The van der Waals surface area contributed by atoms with Gasteiger partial charge in [0.25, 0.3) is 0 Å². The molecule has 100 valence electrons. The second-order valence-corrected chi connectivity index (χ2v) is 5.78. The second kappa shape index (κ2) is 6.38. The molecule has 0 spiro atoms. The van der Waals surface area contributed by atoms with Crippen LogP contribution in [0.4, 0.5) is 5.69 Å². The summed E-state index contributed by atoms with van der Waals surface area (Å²) in [7, 11) is 0. The summed E-state index contributed by atoms with van der Waals surface area (Å²) in [6.07, 6.45) is 0. The van der Waals surface area contributed by atoms with Crippen LogP contribution in [0, 0.1) is 6.92 Å². The first-order valence-corrected chi connectivity index (χ1v) is 7.11. The highest BCUT2D eigenvalue weighted by Crippen LogP contribution is 2.22. The van der Waals surface area contributed by atoms with E-state index in [1.54, 1.807) is 11.3 Å². The molecular weight excluding hydrogens is 256 g/mol. The Hall–Kier alpha value is -1.81. The molecule has 19 heavy (non-hydrogen) atoms. The highest BCUT2D eigenvalue weighted by molar-refractivity contribution is 7.12. The molecule has 1 heterocycles.